The van der Waals surface area contributed by atoms with E-state index in [1.54, 1.807) is 25.2 Å². The first kappa shape index (κ1) is 17.0. The molecular weight excluding hydrogens is 316 g/mol. The van der Waals surface area contributed by atoms with Crippen molar-refractivity contribution in [2.24, 2.45) is 0 Å². The van der Waals surface area contributed by atoms with Crippen LogP contribution in [0, 0.1) is 0 Å². The molecule has 0 atom stereocenters. The Balaban J connectivity index is 2.22. The van der Waals surface area contributed by atoms with Gasteiger partial charge in [0.15, 0.2) is 0 Å². The molecule has 0 heterocycles. The van der Waals surface area contributed by atoms with Gasteiger partial charge < -0.3 is 15.0 Å². The van der Waals surface area contributed by atoms with Crippen molar-refractivity contribution in [1.29, 1.82) is 0 Å². The number of methoxy groups -OCH3 is 1. The number of anilines is 2. The number of para-hydroxylation sites is 1. The normalized spacial score (nSPS) is 10.2. The van der Waals surface area contributed by atoms with Crippen LogP contribution in [0.4, 0.5) is 11.4 Å². The first-order chi connectivity index (χ1) is 11.0. The third-order valence-corrected chi connectivity index (χ3v) is 3.54. The van der Waals surface area contributed by atoms with Gasteiger partial charge in [-0.1, -0.05) is 29.8 Å². The first-order valence-corrected chi connectivity index (χ1v) is 7.32. The van der Waals surface area contributed by atoms with Gasteiger partial charge in [-0.25, -0.2) is 0 Å². The summed E-state index contributed by atoms with van der Waals surface area (Å²) < 4.78 is 4.76. The summed E-state index contributed by atoms with van der Waals surface area (Å²) in [6.45, 7) is -0.0849. The van der Waals surface area contributed by atoms with E-state index in [9.17, 15) is 9.59 Å². The number of nitrogens with one attached hydrogen (secondary N) is 1. The van der Waals surface area contributed by atoms with Crippen molar-refractivity contribution < 1.29 is 14.3 Å². The Morgan fingerprint density at radius 1 is 1.17 bits per heavy atom. The van der Waals surface area contributed by atoms with E-state index >= 15 is 0 Å². The van der Waals surface area contributed by atoms with E-state index in [1.807, 2.05) is 30.3 Å². The number of hydrogen-bond acceptors (Lipinski definition) is 3. The predicted octanol–water partition coefficient (Wildman–Crippen LogP) is 3.20. The average molecular weight is 333 g/mol. The highest BCUT2D eigenvalue weighted by Crippen LogP contribution is 2.24. The lowest BCUT2D eigenvalue weighted by Crippen LogP contribution is -2.26. The van der Waals surface area contributed by atoms with E-state index in [0.29, 0.717) is 16.3 Å². The molecule has 0 radical (unpaired) electrons. The van der Waals surface area contributed by atoms with Crippen molar-refractivity contribution in [3.63, 3.8) is 0 Å². The fourth-order valence-electron chi connectivity index (χ4n) is 2.03. The number of hydrogen-bond donors (Lipinski definition) is 1. The van der Waals surface area contributed by atoms with Crippen LogP contribution in [0.3, 0.4) is 0 Å². The highest BCUT2D eigenvalue weighted by molar-refractivity contribution is 6.34. The van der Waals surface area contributed by atoms with Crippen molar-refractivity contribution >= 4 is 34.8 Å². The SMILES string of the molecule is COCC(=O)Nc1cc(C(=O)N(C)c2ccccc2)ccc1Cl. The topological polar surface area (TPSA) is 58.6 Å². The monoisotopic (exact) mass is 332 g/mol. The van der Waals surface area contributed by atoms with Gasteiger partial charge in [-0.05, 0) is 30.3 Å². The van der Waals surface area contributed by atoms with Crippen LogP contribution < -0.4 is 10.2 Å². The first-order valence-electron chi connectivity index (χ1n) is 6.94. The van der Waals surface area contributed by atoms with E-state index in [2.05, 4.69) is 5.32 Å². The highest BCUT2D eigenvalue weighted by Gasteiger charge is 2.15. The lowest BCUT2D eigenvalue weighted by molar-refractivity contribution is -0.119. The molecule has 2 amide bonds. The predicted molar refractivity (Wildman–Crippen MR) is 91.1 cm³/mol. The number of halogens is 1. The van der Waals surface area contributed by atoms with Crippen LogP contribution in [-0.2, 0) is 9.53 Å². The molecule has 0 aliphatic rings. The fourth-order valence-corrected chi connectivity index (χ4v) is 2.20. The van der Waals surface area contributed by atoms with Gasteiger partial charge in [0, 0.05) is 25.4 Å². The number of carbonyl (C=O) groups excluding carboxylic acids is 2. The number of benzene rings is 2. The molecule has 2 aromatic rings. The molecule has 120 valence electrons. The van der Waals surface area contributed by atoms with E-state index in [0.717, 1.165) is 5.69 Å². The summed E-state index contributed by atoms with van der Waals surface area (Å²) in [5, 5.41) is 2.97. The Labute approximate surface area is 139 Å². The zero-order valence-corrected chi connectivity index (χ0v) is 13.6. The Morgan fingerprint density at radius 3 is 2.52 bits per heavy atom. The summed E-state index contributed by atoms with van der Waals surface area (Å²) in [7, 11) is 3.12. The molecule has 2 rings (SSSR count). The Hall–Kier alpha value is -2.37. The van der Waals surface area contributed by atoms with Gasteiger partial charge in [-0.2, -0.15) is 0 Å². The molecule has 0 bridgehead atoms. The van der Waals surface area contributed by atoms with Crippen LogP contribution in [0.15, 0.2) is 48.5 Å². The third kappa shape index (κ3) is 4.31. The average Bonchev–Trinajstić information content (AvgIpc) is 2.56. The Bertz CT molecular complexity index is 704. The summed E-state index contributed by atoms with van der Waals surface area (Å²) in [6, 6.07) is 14.0. The minimum absolute atomic E-state index is 0.0849. The second-order valence-corrected chi connectivity index (χ2v) is 5.28. The maximum atomic E-state index is 12.6. The standard InChI is InChI=1S/C17H17ClN2O3/c1-20(13-6-4-3-5-7-13)17(22)12-8-9-14(18)15(10-12)19-16(21)11-23-2/h3-10H,11H2,1-2H3,(H,19,21). The van der Waals surface area contributed by atoms with Crippen LogP contribution >= 0.6 is 11.6 Å². The minimum Gasteiger partial charge on any atom is -0.375 e. The van der Waals surface area contributed by atoms with Crippen molar-refractivity contribution in [3.05, 3.63) is 59.1 Å². The number of ether oxygens (including phenoxy) is 1. The number of carbonyl (C=O) groups is 2. The zero-order valence-electron chi connectivity index (χ0n) is 12.9. The van der Waals surface area contributed by atoms with Crippen LogP contribution in [0.5, 0.6) is 0 Å². The zero-order chi connectivity index (χ0) is 16.8. The molecule has 0 unspecified atom stereocenters. The summed E-state index contributed by atoms with van der Waals surface area (Å²) in [4.78, 5) is 25.7. The second kappa shape index (κ2) is 7.76. The molecule has 6 heteroatoms. The van der Waals surface area contributed by atoms with Crippen molar-refractivity contribution in [2.75, 3.05) is 31.0 Å². The van der Waals surface area contributed by atoms with Crippen LogP contribution in [0.2, 0.25) is 5.02 Å². The van der Waals surface area contributed by atoms with Gasteiger partial charge in [0.25, 0.3) is 5.91 Å². The smallest absolute Gasteiger partial charge is 0.258 e. The third-order valence-electron chi connectivity index (χ3n) is 3.21. The fraction of sp³-hybridized carbons (Fsp3) is 0.176. The van der Waals surface area contributed by atoms with E-state index in [4.69, 9.17) is 16.3 Å². The minimum atomic E-state index is -0.338. The lowest BCUT2D eigenvalue weighted by Gasteiger charge is -2.18. The largest absolute Gasteiger partial charge is 0.375 e. The molecule has 0 saturated heterocycles. The van der Waals surface area contributed by atoms with E-state index in [1.165, 1.54) is 12.0 Å². The maximum absolute atomic E-state index is 12.6. The molecule has 0 aromatic heterocycles. The molecule has 0 aliphatic heterocycles. The Morgan fingerprint density at radius 2 is 1.87 bits per heavy atom. The molecule has 2 aromatic carbocycles. The molecule has 1 N–H and O–H groups in total. The quantitative estimate of drug-likeness (QED) is 0.914. The van der Waals surface area contributed by atoms with Gasteiger partial charge in [-0.15, -0.1) is 0 Å². The van der Waals surface area contributed by atoms with Gasteiger partial charge >= 0.3 is 0 Å². The molecule has 0 saturated carbocycles. The number of nitrogens with zero attached hydrogens (tertiary/aromatic N) is 1. The summed E-state index contributed by atoms with van der Waals surface area (Å²) in [5.41, 5.74) is 1.58. The van der Waals surface area contributed by atoms with Gasteiger partial charge in [-0.3, -0.25) is 9.59 Å². The number of amides is 2. The number of rotatable bonds is 5. The van der Waals surface area contributed by atoms with E-state index in [-0.39, 0.29) is 18.4 Å². The molecule has 5 nitrogen and oxygen atoms in total. The van der Waals surface area contributed by atoms with Gasteiger partial charge in [0.1, 0.15) is 6.61 Å². The second-order valence-electron chi connectivity index (χ2n) is 4.88. The molecule has 0 fully saturated rings. The Kier molecular flexibility index (Phi) is 5.73. The summed E-state index contributed by atoms with van der Waals surface area (Å²) in [6.07, 6.45) is 0. The van der Waals surface area contributed by atoms with Crippen molar-refractivity contribution in [2.45, 2.75) is 0 Å². The van der Waals surface area contributed by atoms with Crippen LogP contribution in [-0.4, -0.2) is 32.6 Å². The van der Waals surface area contributed by atoms with Crippen molar-refractivity contribution in [3.8, 4) is 0 Å². The van der Waals surface area contributed by atoms with Gasteiger partial charge in [0.05, 0.1) is 10.7 Å². The molecule has 23 heavy (non-hydrogen) atoms. The van der Waals surface area contributed by atoms with Crippen molar-refractivity contribution in [1.82, 2.24) is 0 Å². The molecular formula is C17H17ClN2O3. The summed E-state index contributed by atoms with van der Waals surface area (Å²) in [5.74, 6) is -0.537. The van der Waals surface area contributed by atoms with Gasteiger partial charge in [0.2, 0.25) is 5.91 Å². The lowest BCUT2D eigenvalue weighted by atomic mass is 10.1. The molecule has 0 aliphatic carbocycles. The maximum Gasteiger partial charge on any atom is 0.258 e. The highest BCUT2D eigenvalue weighted by atomic mass is 35.5. The van der Waals surface area contributed by atoms with Crippen LogP contribution in [0.1, 0.15) is 10.4 Å². The summed E-state index contributed by atoms with van der Waals surface area (Å²) >= 11 is 6.06. The molecule has 0 spiro atoms. The van der Waals surface area contributed by atoms with Crippen LogP contribution in [0.25, 0.3) is 0 Å². The van der Waals surface area contributed by atoms with E-state index < -0.39 is 0 Å².